The van der Waals surface area contributed by atoms with Crippen molar-refractivity contribution in [1.29, 1.82) is 0 Å². The van der Waals surface area contributed by atoms with Gasteiger partial charge in [0.15, 0.2) is 0 Å². The molecule has 0 fully saturated rings. The monoisotopic (exact) mass is 986 g/mol. The Kier molecular flexibility index (Phi) is 58.5. The topological polar surface area (TPSA) is 95.9 Å². The molecular weight excluding hydrogens is 863 g/mol. The zero-order valence-corrected chi connectivity index (χ0v) is 47.3. The second kappa shape index (κ2) is 59.9. The van der Waals surface area contributed by atoms with Crippen molar-refractivity contribution < 1.29 is 24.5 Å². The third-order valence-electron chi connectivity index (χ3n) is 14.7. The number of amides is 1. The molecule has 6 nitrogen and oxygen atoms in total. The van der Waals surface area contributed by atoms with E-state index in [1.807, 2.05) is 6.08 Å². The molecule has 0 bridgehead atoms. The molecule has 0 aromatic heterocycles. The third kappa shape index (κ3) is 55.7. The molecule has 0 aliphatic rings. The summed E-state index contributed by atoms with van der Waals surface area (Å²) in [6.45, 7) is 4.91. The molecule has 1 amide bonds. The zero-order valence-electron chi connectivity index (χ0n) is 47.3. The number of allylic oxidation sites excluding steroid dienone is 3. The van der Waals surface area contributed by atoms with Crippen molar-refractivity contribution in [2.45, 2.75) is 360 Å². The summed E-state index contributed by atoms with van der Waals surface area (Å²) < 4.78 is 5.46. The molecule has 2 atom stereocenters. The van der Waals surface area contributed by atoms with E-state index < -0.39 is 12.1 Å². The van der Waals surface area contributed by atoms with Crippen LogP contribution < -0.4 is 5.32 Å². The number of hydrogen-bond donors (Lipinski definition) is 3. The van der Waals surface area contributed by atoms with Gasteiger partial charge in [0.25, 0.3) is 0 Å². The van der Waals surface area contributed by atoms with Crippen LogP contribution in [-0.4, -0.2) is 47.4 Å². The maximum absolute atomic E-state index is 12.5. The summed E-state index contributed by atoms with van der Waals surface area (Å²) in [5.74, 6) is -0.0779. The van der Waals surface area contributed by atoms with Crippen molar-refractivity contribution in [3.63, 3.8) is 0 Å². The van der Waals surface area contributed by atoms with Crippen LogP contribution in [-0.2, 0) is 14.3 Å². The van der Waals surface area contributed by atoms with E-state index in [0.717, 1.165) is 57.8 Å². The lowest BCUT2D eigenvalue weighted by Crippen LogP contribution is -2.45. The van der Waals surface area contributed by atoms with Crippen LogP contribution in [0.5, 0.6) is 0 Å². The molecule has 414 valence electrons. The van der Waals surface area contributed by atoms with E-state index >= 15 is 0 Å². The van der Waals surface area contributed by atoms with Crippen molar-refractivity contribution in [2.75, 3.05) is 13.2 Å². The minimum absolute atomic E-state index is 0.00143. The molecule has 0 saturated carbocycles. The van der Waals surface area contributed by atoms with Gasteiger partial charge >= 0.3 is 5.97 Å². The molecule has 0 rings (SSSR count). The van der Waals surface area contributed by atoms with Gasteiger partial charge in [-0.05, 0) is 57.8 Å². The number of aliphatic hydroxyl groups excluding tert-OH is 2. The van der Waals surface area contributed by atoms with Gasteiger partial charge < -0.3 is 20.3 Å². The predicted molar refractivity (Wildman–Crippen MR) is 306 cm³/mol. The largest absolute Gasteiger partial charge is 0.466 e. The summed E-state index contributed by atoms with van der Waals surface area (Å²) in [5.41, 5.74) is 0. The van der Waals surface area contributed by atoms with Crippen LogP contribution in [0, 0.1) is 0 Å². The van der Waals surface area contributed by atoms with Crippen molar-refractivity contribution >= 4 is 11.9 Å². The van der Waals surface area contributed by atoms with Gasteiger partial charge in [0.05, 0.1) is 25.4 Å². The first-order chi connectivity index (χ1) is 34.5. The molecule has 2 unspecified atom stereocenters. The maximum atomic E-state index is 12.5. The van der Waals surface area contributed by atoms with Gasteiger partial charge in [0.2, 0.25) is 5.91 Å². The van der Waals surface area contributed by atoms with Gasteiger partial charge in [-0.3, -0.25) is 9.59 Å². The second-order valence-corrected chi connectivity index (χ2v) is 21.7. The summed E-state index contributed by atoms with van der Waals surface area (Å²) in [6.07, 6.45) is 73.6. The fourth-order valence-corrected chi connectivity index (χ4v) is 9.87. The number of aliphatic hydroxyl groups is 2. The molecule has 0 aromatic carbocycles. The lowest BCUT2D eigenvalue weighted by atomic mass is 10.0. The Bertz CT molecular complexity index is 1090. The summed E-state index contributed by atoms with van der Waals surface area (Å²) in [6, 6.07) is -0.638. The molecule has 0 radical (unpaired) electrons. The van der Waals surface area contributed by atoms with Gasteiger partial charge in [-0.1, -0.05) is 301 Å². The van der Waals surface area contributed by atoms with Gasteiger partial charge in [-0.25, -0.2) is 0 Å². The Hall–Kier alpha value is -1.66. The summed E-state index contributed by atoms with van der Waals surface area (Å²) in [4.78, 5) is 24.5. The van der Waals surface area contributed by atoms with E-state index in [2.05, 4.69) is 31.3 Å². The van der Waals surface area contributed by atoms with Crippen LogP contribution in [0.15, 0.2) is 24.3 Å². The third-order valence-corrected chi connectivity index (χ3v) is 14.7. The van der Waals surface area contributed by atoms with Crippen molar-refractivity contribution in [3.8, 4) is 0 Å². The molecule has 0 aromatic rings. The van der Waals surface area contributed by atoms with E-state index in [9.17, 15) is 19.8 Å². The quantitative estimate of drug-likeness (QED) is 0.0321. The predicted octanol–water partition coefficient (Wildman–Crippen LogP) is 19.8. The Labute approximate surface area is 437 Å². The smallest absolute Gasteiger partial charge is 0.305 e. The first-order valence-corrected chi connectivity index (χ1v) is 31.6. The molecule has 0 heterocycles. The van der Waals surface area contributed by atoms with Gasteiger partial charge in [-0.2, -0.15) is 0 Å². The number of hydrogen-bond acceptors (Lipinski definition) is 5. The highest BCUT2D eigenvalue weighted by Gasteiger charge is 2.18. The summed E-state index contributed by atoms with van der Waals surface area (Å²) >= 11 is 0. The Balaban J connectivity index is 3.48. The Morgan fingerprint density at radius 1 is 0.386 bits per heavy atom. The number of ether oxygens (including phenoxy) is 1. The highest BCUT2D eigenvalue weighted by atomic mass is 16.5. The van der Waals surface area contributed by atoms with Gasteiger partial charge in [0, 0.05) is 12.8 Å². The average molecular weight is 987 g/mol. The fourth-order valence-electron chi connectivity index (χ4n) is 9.87. The van der Waals surface area contributed by atoms with Crippen molar-refractivity contribution in [2.24, 2.45) is 0 Å². The highest BCUT2D eigenvalue weighted by Crippen LogP contribution is 2.18. The number of carbonyl (C=O) groups excluding carboxylic acids is 2. The van der Waals surface area contributed by atoms with Crippen molar-refractivity contribution in [1.82, 2.24) is 5.32 Å². The van der Waals surface area contributed by atoms with Crippen LogP contribution in [0.1, 0.15) is 348 Å². The molecule has 0 saturated heterocycles. The maximum Gasteiger partial charge on any atom is 0.305 e. The molecular formula is C64H123NO5. The number of carbonyl (C=O) groups is 2. The number of rotatable bonds is 59. The molecule has 0 aliphatic carbocycles. The SMILES string of the molecule is CCCCCCCCCCCCCCCCCCCCCCCC/C=C/C(O)C(CO)NC(=O)CCCCCCCCC/C=C\CCCCCCCCOC(=O)CCCCCCCCCCCCCC. The molecule has 0 spiro atoms. The number of unbranched alkanes of at least 4 members (excludes halogenated alkanes) is 46. The standard InChI is InChI=1S/C64H123NO5/c1-3-5-7-9-11-13-15-17-18-19-20-21-22-23-24-25-27-30-33-36-40-44-48-52-56-62(67)61(60-66)65-63(68)57-53-49-45-41-37-34-31-28-26-29-32-35-39-43-47-51-55-59-70-64(69)58-54-50-46-42-38-16-14-12-10-8-6-4-2/h26,29,52,56,61-62,66-67H,3-25,27-28,30-51,53-55,57-60H2,1-2H3,(H,65,68)/b29-26-,56-52+. The number of esters is 1. The van der Waals surface area contributed by atoms with Crippen LogP contribution in [0.4, 0.5) is 0 Å². The highest BCUT2D eigenvalue weighted by molar-refractivity contribution is 5.76. The Morgan fingerprint density at radius 3 is 1.01 bits per heavy atom. The van der Waals surface area contributed by atoms with E-state index in [0.29, 0.717) is 19.4 Å². The first kappa shape index (κ1) is 68.3. The van der Waals surface area contributed by atoms with Gasteiger partial charge in [-0.15, -0.1) is 0 Å². The van der Waals surface area contributed by atoms with E-state index in [1.165, 1.54) is 263 Å². The summed E-state index contributed by atoms with van der Waals surface area (Å²) in [5, 5.41) is 23.2. The molecule has 0 aliphatic heterocycles. The van der Waals surface area contributed by atoms with Gasteiger partial charge in [0.1, 0.15) is 0 Å². The van der Waals surface area contributed by atoms with E-state index in [1.54, 1.807) is 6.08 Å². The Morgan fingerprint density at radius 2 is 0.671 bits per heavy atom. The normalized spacial score (nSPS) is 12.7. The van der Waals surface area contributed by atoms with Crippen molar-refractivity contribution in [3.05, 3.63) is 24.3 Å². The minimum atomic E-state index is -0.853. The average Bonchev–Trinajstić information content (AvgIpc) is 3.36. The van der Waals surface area contributed by atoms with Crippen LogP contribution in [0.3, 0.4) is 0 Å². The number of nitrogens with one attached hydrogen (secondary N) is 1. The molecule has 3 N–H and O–H groups in total. The minimum Gasteiger partial charge on any atom is -0.466 e. The first-order valence-electron chi connectivity index (χ1n) is 31.6. The zero-order chi connectivity index (χ0) is 50.7. The lowest BCUT2D eigenvalue weighted by Gasteiger charge is -2.20. The van der Waals surface area contributed by atoms with E-state index in [4.69, 9.17) is 4.74 Å². The van der Waals surface area contributed by atoms with Crippen LogP contribution in [0.2, 0.25) is 0 Å². The van der Waals surface area contributed by atoms with Crippen LogP contribution >= 0.6 is 0 Å². The molecule has 6 heteroatoms. The van der Waals surface area contributed by atoms with Crippen LogP contribution in [0.25, 0.3) is 0 Å². The fraction of sp³-hybridized carbons (Fsp3) is 0.906. The summed E-state index contributed by atoms with van der Waals surface area (Å²) in [7, 11) is 0. The second-order valence-electron chi connectivity index (χ2n) is 21.7. The lowest BCUT2D eigenvalue weighted by molar-refractivity contribution is -0.143. The molecule has 70 heavy (non-hydrogen) atoms. The van der Waals surface area contributed by atoms with E-state index in [-0.39, 0.29) is 18.5 Å².